The molecule has 9 aromatic rings. The molecule has 58 heavy (non-hydrogen) atoms. The number of fused-ring (bicyclic) bond motifs is 5. The highest BCUT2D eigenvalue weighted by Gasteiger charge is 2.68. The zero-order chi connectivity index (χ0) is 38.9. The molecule has 5 heterocycles. The molecule has 0 radical (unpaired) electrons. The molecule has 0 saturated carbocycles. The maximum absolute atomic E-state index is 7.66. The minimum atomic E-state index is -1.02. The maximum Gasteiger partial charge on any atom is 0.499 e. The van der Waals surface area contributed by atoms with Crippen LogP contribution in [0.15, 0.2) is 176 Å². The van der Waals surface area contributed by atoms with E-state index in [1.807, 2.05) is 0 Å². The maximum atomic E-state index is 7.66. The van der Waals surface area contributed by atoms with Crippen LogP contribution in [-0.2, 0) is 11.3 Å². The fourth-order valence-electron chi connectivity index (χ4n) is 9.93. The van der Waals surface area contributed by atoms with Crippen LogP contribution >= 0.6 is 0 Å². The second-order valence-electron chi connectivity index (χ2n) is 17.0. The number of hydrogen-bond donors (Lipinski definition) is 0. The van der Waals surface area contributed by atoms with E-state index < -0.39 is 5.85 Å². The van der Waals surface area contributed by atoms with Gasteiger partial charge in [-0.1, -0.05) is 130 Å². The van der Waals surface area contributed by atoms with Crippen LogP contribution in [0.3, 0.4) is 0 Å². The summed E-state index contributed by atoms with van der Waals surface area (Å²) in [4.78, 5) is 0. The Hall–Kier alpha value is -7.04. The molecule has 4 nitrogen and oxygen atoms in total. The van der Waals surface area contributed by atoms with E-state index >= 15 is 0 Å². The first-order valence-electron chi connectivity index (χ1n) is 20.3. The topological polar surface area (TPSA) is 21.9 Å². The lowest BCUT2D eigenvalue weighted by Crippen LogP contribution is -2.78. The molecule has 0 aliphatic carbocycles. The summed E-state index contributed by atoms with van der Waals surface area (Å²) in [6, 6.07) is 62.1. The zero-order valence-electron chi connectivity index (χ0n) is 33.0. The molecular formula is C54H41N3O+2. The van der Waals surface area contributed by atoms with E-state index in [9.17, 15) is 0 Å². The molecule has 0 bridgehead atoms. The van der Waals surface area contributed by atoms with E-state index in [0.29, 0.717) is 0 Å². The molecule has 3 aliphatic rings. The number of benzene rings is 7. The van der Waals surface area contributed by atoms with Gasteiger partial charge in [0, 0.05) is 28.8 Å². The van der Waals surface area contributed by atoms with Gasteiger partial charge in [0.25, 0.3) is 0 Å². The Kier molecular flexibility index (Phi) is 6.71. The van der Waals surface area contributed by atoms with Crippen molar-refractivity contribution in [3.05, 3.63) is 193 Å². The number of imidazole rings is 1. The predicted octanol–water partition coefficient (Wildman–Crippen LogP) is 12.0. The van der Waals surface area contributed by atoms with Crippen molar-refractivity contribution in [3.63, 3.8) is 0 Å². The molecule has 4 heteroatoms. The zero-order valence-corrected chi connectivity index (χ0v) is 33.0. The summed E-state index contributed by atoms with van der Waals surface area (Å²) in [6.07, 6.45) is 2.26. The molecule has 7 aromatic carbocycles. The first-order chi connectivity index (χ1) is 28.3. The van der Waals surface area contributed by atoms with E-state index in [1.165, 1.54) is 66.8 Å². The van der Waals surface area contributed by atoms with Gasteiger partial charge in [0.1, 0.15) is 22.6 Å². The Morgan fingerprint density at radius 3 is 1.90 bits per heavy atom. The fourth-order valence-corrected chi connectivity index (χ4v) is 9.93. The molecule has 3 aliphatic heterocycles. The van der Waals surface area contributed by atoms with E-state index in [1.54, 1.807) is 0 Å². The third kappa shape index (κ3) is 4.40. The van der Waals surface area contributed by atoms with Crippen LogP contribution in [0.1, 0.15) is 37.5 Å². The first kappa shape index (κ1) is 33.1. The molecule has 1 unspecified atom stereocenters. The van der Waals surface area contributed by atoms with Crippen LogP contribution in [0.4, 0.5) is 0 Å². The van der Waals surface area contributed by atoms with Gasteiger partial charge < -0.3 is 4.74 Å². The molecule has 0 N–H and O–H groups in total. The van der Waals surface area contributed by atoms with Gasteiger partial charge in [-0.3, -0.25) is 0 Å². The second-order valence-corrected chi connectivity index (χ2v) is 17.0. The minimum Gasteiger partial charge on any atom is -0.392 e. The van der Waals surface area contributed by atoms with Crippen molar-refractivity contribution >= 4 is 11.0 Å². The van der Waals surface area contributed by atoms with Crippen LogP contribution < -0.4 is 13.9 Å². The summed E-state index contributed by atoms with van der Waals surface area (Å²) in [5.74, 6) is 0.928. The van der Waals surface area contributed by atoms with Gasteiger partial charge in [0.15, 0.2) is 17.2 Å². The number of aryl methyl sites for hydroxylation is 1. The Bertz CT molecular complexity index is 3170. The van der Waals surface area contributed by atoms with Gasteiger partial charge in [-0.15, -0.1) is 9.13 Å². The Morgan fingerprint density at radius 2 is 1.17 bits per heavy atom. The summed E-state index contributed by atoms with van der Waals surface area (Å²) in [6.45, 7) is 9.19. The van der Waals surface area contributed by atoms with Crippen molar-refractivity contribution in [1.29, 1.82) is 0 Å². The molecular weight excluding hydrogens is 707 g/mol. The summed E-state index contributed by atoms with van der Waals surface area (Å²) in [5, 5.41) is 0. The van der Waals surface area contributed by atoms with E-state index in [4.69, 9.17) is 4.74 Å². The largest absolute Gasteiger partial charge is 0.499 e. The fraction of sp³-hybridized carbons (Fsp3) is 0.111. The summed E-state index contributed by atoms with van der Waals surface area (Å²) in [7, 11) is 0. The average Bonchev–Trinajstić information content (AvgIpc) is 3.75. The number of pyridine rings is 1. The highest BCUT2D eigenvalue weighted by molar-refractivity contribution is 5.99. The van der Waals surface area contributed by atoms with Crippen molar-refractivity contribution in [2.24, 2.45) is 0 Å². The van der Waals surface area contributed by atoms with E-state index in [2.05, 4.69) is 217 Å². The van der Waals surface area contributed by atoms with Gasteiger partial charge in [0.05, 0.1) is 5.56 Å². The Morgan fingerprint density at radius 1 is 0.534 bits per heavy atom. The Labute approximate surface area is 338 Å². The third-order valence-corrected chi connectivity index (χ3v) is 12.6. The lowest BCUT2D eigenvalue weighted by molar-refractivity contribution is -0.997. The molecule has 0 fully saturated rings. The van der Waals surface area contributed by atoms with Crippen LogP contribution in [0.5, 0.6) is 5.75 Å². The first-order valence-corrected chi connectivity index (χ1v) is 20.3. The van der Waals surface area contributed by atoms with Gasteiger partial charge in [-0.05, 0) is 99.8 Å². The summed E-state index contributed by atoms with van der Waals surface area (Å²) < 4.78 is 15.1. The summed E-state index contributed by atoms with van der Waals surface area (Å²) >= 11 is 0. The van der Waals surface area contributed by atoms with Crippen molar-refractivity contribution in [3.8, 4) is 78.6 Å². The highest BCUT2D eigenvalue weighted by atomic mass is 16.5. The van der Waals surface area contributed by atoms with Gasteiger partial charge >= 0.3 is 11.7 Å². The second kappa shape index (κ2) is 11.7. The quantitative estimate of drug-likeness (QED) is 0.164. The number of aromatic nitrogens is 3. The monoisotopic (exact) mass is 747 g/mol. The average molecular weight is 748 g/mol. The van der Waals surface area contributed by atoms with Crippen LogP contribution in [0.2, 0.25) is 0 Å². The predicted molar refractivity (Wildman–Crippen MR) is 233 cm³/mol. The van der Waals surface area contributed by atoms with Crippen molar-refractivity contribution < 1.29 is 13.9 Å². The standard InChI is InChI=1S/C54H41N3O/c1-34-29-43(37-21-12-7-13-22-37)48(33-42(34)36-19-10-6-11-20-36)56-46-25-16-24-40-44-31-39(53(2,3)4)32-45-47-30-38(35-17-8-5-9-18-35)27-28-55(47)54(50(44)45)57(51(40)46)52(56)41-23-14-15-26-49(41)58-54/h5-33H,1-4H3/q+2. The number of nitrogens with zero attached hydrogens (tertiary/aromatic N) is 3. The molecule has 12 rings (SSSR count). The van der Waals surface area contributed by atoms with Crippen molar-refractivity contribution in [2.75, 3.05) is 0 Å². The van der Waals surface area contributed by atoms with E-state index in [-0.39, 0.29) is 5.41 Å². The molecule has 1 atom stereocenters. The minimum absolute atomic E-state index is 0.0814. The van der Waals surface area contributed by atoms with E-state index in [0.717, 1.165) is 39.6 Å². The van der Waals surface area contributed by atoms with Gasteiger partial charge in [-0.2, -0.15) is 4.57 Å². The lowest BCUT2D eigenvalue weighted by Gasteiger charge is -2.33. The summed E-state index contributed by atoms with van der Waals surface area (Å²) in [5.41, 5.74) is 20.0. The molecule has 2 aromatic heterocycles. The third-order valence-electron chi connectivity index (χ3n) is 12.6. The lowest BCUT2D eigenvalue weighted by atomic mass is 9.80. The number of para-hydroxylation sites is 2. The molecule has 276 valence electrons. The molecule has 0 saturated heterocycles. The highest BCUT2D eigenvalue weighted by Crippen LogP contribution is 2.54. The van der Waals surface area contributed by atoms with Crippen LogP contribution in [0, 0.1) is 6.92 Å². The normalized spacial score (nSPS) is 15.4. The van der Waals surface area contributed by atoms with Crippen molar-refractivity contribution in [1.82, 2.24) is 4.57 Å². The van der Waals surface area contributed by atoms with Crippen molar-refractivity contribution in [2.45, 2.75) is 39.0 Å². The molecule has 1 spiro atoms. The number of ether oxygens (including phenoxy) is 1. The number of rotatable bonds is 4. The number of hydrogen-bond acceptors (Lipinski definition) is 1. The van der Waals surface area contributed by atoms with Crippen LogP contribution in [0.25, 0.3) is 83.9 Å². The Balaban J connectivity index is 1.27. The van der Waals surface area contributed by atoms with Crippen LogP contribution in [-0.4, -0.2) is 4.57 Å². The molecule has 0 amide bonds. The van der Waals surface area contributed by atoms with Gasteiger partial charge in [-0.25, -0.2) is 0 Å². The van der Waals surface area contributed by atoms with Gasteiger partial charge in [0.2, 0.25) is 5.69 Å². The smallest absolute Gasteiger partial charge is 0.392 e. The SMILES string of the molecule is Cc1cc(-c2ccccc2)c(-n2c3[n+]4c5c(cccc52)-c2cc(C(C)(C)C)cc5c2C4(Oc2ccccc2-3)[n+]2ccc(-c3ccccc3)cc2-5)cc1-c1ccccc1.